The molecule has 0 radical (unpaired) electrons. The third-order valence-electron chi connectivity index (χ3n) is 1.77. The molecular weight excluding hydrogens is 203 g/mol. The minimum Gasteiger partial charge on any atom is -0.768 e. The van der Waals surface area contributed by atoms with Crippen LogP contribution in [0.3, 0.4) is 0 Å². The van der Waals surface area contributed by atoms with Crippen LogP contribution in [0.2, 0.25) is 0 Å². The molecule has 6 heteroatoms. The van der Waals surface area contributed by atoms with Gasteiger partial charge in [-0.15, -0.1) is 0 Å². The largest absolute Gasteiger partial charge is 0.768 e. The van der Waals surface area contributed by atoms with E-state index in [1.165, 1.54) is 26.4 Å². The van der Waals surface area contributed by atoms with Gasteiger partial charge in [-0.25, -0.2) is 0 Å². The van der Waals surface area contributed by atoms with Crippen LogP contribution >= 0.6 is 0 Å². The zero-order valence-corrected chi connectivity index (χ0v) is 8.74. The topological polar surface area (TPSA) is 58.6 Å². The van der Waals surface area contributed by atoms with Gasteiger partial charge in [-0.2, -0.15) is 0 Å². The first kappa shape index (κ1) is 11.4. The summed E-state index contributed by atoms with van der Waals surface area (Å²) in [5, 5.41) is 0. The maximum absolute atomic E-state index is 10.6. The van der Waals surface area contributed by atoms with Gasteiger partial charge in [-0.05, 0) is 28.7 Å². The minimum absolute atomic E-state index is 0.250. The van der Waals surface area contributed by atoms with E-state index in [0.29, 0.717) is 0 Å². The summed E-state index contributed by atoms with van der Waals surface area (Å²) < 4.78 is 31.1. The number of rotatable bonds is 4. The van der Waals surface area contributed by atoms with Gasteiger partial charge in [-0.1, -0.05) is 12.1 Å². The van der Waals surface area contributed by atoms with Gasteiger partial charge in [0.1, 0.15) is 0 Å². The summed E-state index contributed by atoms with van der Waals surface area (Å²) in [4.78, 5) is 0.250. The Morgan fingerprint density at radius 1 is 1.21 bits per heavy atom. The van der Waals surface area contributed by atoms with Crippen LogP contribution in [-0.4, -0.2) is 30.1 Å². The van der Waals surface area contributed by atoms with Crippen molar-refractivity contribution in [2.24, 2.45) is 0 Å². The summed E-state index contributed by atoms with van der Waals surface area (Å²) in [5.41, 5.74) is 0.782. The molecule has 0 saturated carbocycles. The van der Waals surface area contributed by atoms with Crippen molar-refractivity contribution >= 4 is 23.7 Å². The van der Waals surface area contributed by atoms with E-state index in [9.17, 15) is 8.76 Å². The Kier molecular flexibility index (Phi) is 4.28. The van der Waals surface area contributed by atoms with E-state index in [-0.39, 0.29) is 4.90 Å². The fraction of sp³-hybridized carbons (Fsp3) is 0.250. The first-order valence-electron chi connectivity index (χ1n) is 3.94. The van der Waals surface area contributed by atoms with Crippen molar-refractivity contribution in [1.29, 1.82) is 0 Å². The fourth-order valence-corrected chi connectivity index (χ4v) is 1.46. The fourth-order valence-electron chi connectivity index (χ4n) is 1.10. The van der Waals surface area contributed by atoms with Gasteiger partial charge < -0.3 is 13.9 Å². The van der Waals surface area contributed by atoms with Crippen molar-refractivity contribution in [2.45, 2.75) is 4.90 Å². The molecular formula is C8H10BO4S-. The van der Waals surface area contributed by atoms with Crippen LogP contribution in [0.25, 0.3) is 0 Å². The highest BCUT2D eigenvalue weighted by Crippen LogP contribution is 2.02. The normalized spacial score (nSPS) is 12.5. The van der Waals surface area contributed by atoms with E-state index < -0.39 is 18.2 Å². The maximum atomic E-state index is 10.6. The summed E-state index contributed by atoms with van der Waals surface area (Å²) >= 11 is -2.19. The molecule has 1 aromatic rings. The Morgan fingerprint density at radius 3 is 2.07 bits per heavy atom. The Balaban J connectivity index is 2.87. The molecule has 0 amide bonds. The molecule has 0 aliphatic rings. The highest BCUT2D eigenvalue weighted by atomic mass is 32.2. The molecule has 1 rings (SSSR count). The molecule has 0 fully saturated rings. The summed E-state index contributed by atoms with van der Waals surface area (Å²) in [6, 6.07) is 6.32. The third kappa shape index (κ3) is 2.65. The van der Waals surface area contributed by atoms with E-state index in [1.807, 2.05) is 0 Å². The predicted molar refractivity (Wildman–Crippen MR) is 53.0 cm³/mol. The average molecular weight is 213 g/mol. The molecule has 76 valence electrons. The van der Waals surface area contributed by atoms with Crippen molar-refractivity contribution in [3.63, 3.8) is 0 Å². The van der Waals surface area contributed by atoms with Crippen LogP contribution < -0.4 is 5.46 Å². The van der Waals surface area contributed by atoms with E-state index >= 15 is 0 Å². The zero-order chi connectivity index (χ0) is 10.6. The van der Waals surface area contributed by atoms with Crippen molar-refractivity contribution in [2.75, 3.05) is 14.2 Å². The van der Waals surface area contributed by atoms with Crippen molar-refractivity contribution in [3.05, 3.63) is 24.3 Å². The molecule has 1 atom stereocenters. The monoisotopic (exact) mass is 213 g/mol. The van der Waals surface area contributed by atoms with Gasteiger partial charge >= 0.3 is 7.12 Å². The van der Waals surface area contributed by atoms with Crippen LogP contribution in [0.15, 0.2) is 29.2 Å². The standard InChI is InChI=1S/C8H11BO4S/c1-12-9(13-2)7-3-5-8(6-4-7)14(10)11/h3-6H,1-2H3,(H,10,11)/p-1. The van der Waals surface area contributed by atoms with Gasteiger partial charge in [0.05, 0.1) is 0 Å². The van der Waals surface area contributed by atoms with Gasteiger partial charge in [0, 0.05) is 19.1 Å². The van der Waals surface area contributed by atoms with Crippen LogP contribution in [0, 0.1) is 0 Å². The second kappa shape index (κ2) is 5.26. The molecule has 0 aromatic heterocycles. The molecule has 1 aromatic carbocycles. The second-order valence-corrected chi connectivity index (χ2v) is 3.55. The lowest BCUT2D eigenvalue weighted by Crippen LogP contribution is -2.34. The molecule has 14 heavy (non-hydrogen) atoms. The predicted octanol–water partition coefficient (Wildman–Crippen LogP) is -0.0874. The lowest BCUT2D eigenvalue weighted by Gasteiger charge is -2.10. The van der Waals surface area contributed by atoms with E-state index in [4.69, 9.17) is 9.31 Å². The Labute approximate surface area is 85.7 Å². The third-order valence-corrected chi connectivity index (χ3v) is 2.43. The van der Waals surface area contributed by atoms with Crippen molar-refractivity contribution in [3.8, 4) is 0 Å². The molecule has 4 nitrogen and oxygen atoms in total. The smallest absolute Gasteiger partial charge is 0.493 e. The Morgan fingerprint density at radius 2 is 1.71 bits per heavy atom. The summed E-state index contributed by atoms with van der Waals surface area (Å²) in [5.74, 6) is 0. The van der Waals surface area contributed by atoms with Crippen molar-refractivity contribution in [1.82, 2.24) is 0 Å². The second-order valence-electron chi connectivity index (χ2n) is 2.61. The first-order valence-corrected chi connectivity index (χ1v) is 5.01. The average Bonchev–Trinajstić information content (AvgIpc) is 2.20. The van der Waals surface area contributed by atoms with E-state index in [2.05, 4.69) is 0 Å². The molecule has 0 heterocycles. The SMILES string of the molecule is COB(OC)c1ccc(S(=O)[O-])cc1. The minimum atomic E-state index is -2.19. The molecule has 0 bridgehead atoms. The number of hydrogen-bond acceptors (Lipinski definition) is 4. The van der Waals surface area contributed by atoms with Crippen LogP contribution in [-0.2, 0) is 20.4 Å². The zero-order valence-electron chi connectivity index (χ0n) is 7.93. The van der Waals surface area contributed by atoms with Gasteiger partial charge in [-0.3, -0.25) is 4.21 Å². The van der Waals surface area contributed by atoms with Gasteiger partial charge in [0.25, 0.3) is 0 Å². The van der Waals surface area contributed by atoms with Gasteiger partial charge in [0.15, 0.2) is 0 Å². The molecule has 0 saturated heterocycles. The number of hydrogen-bond donors (Lipinski definition) is 0. The molecule has 1 unspecified atom stereocenters. The molecule has 0 aliphatic carbocycles. The van der Waals surface area contributed by atoms with Crippen molar-refractivity contribution < 1.29 is 18.1 Å². The van der Waals surface area contributed by atoms with E-state index in [1.54, 1.807) is 12.1 Å². The number of benzene rings is 1. The summed E-state index contributed by atoms with van der Waals surface area (Å²) in [7, 11) is 2.59. The Hall–Kier alpha value is -0.685. The summed E-state index contributed by atoms with van der Waals surface area (Å²) in [6.45, 7) is 0. The molecule has 0 aliphatic heterocycles. The summed E-state index contributed by atoms with van der Waals surface area (Å²) in [6.07, 6.45) is 0. The lowest BCUT2D eigenvalue weighted by atomic mass is 9.79. The van der Waals surface area contributed by atoms with E-state index in [0.717, 1.165) is 5.46 Å². The Bertz CT molecular complexity index is 310. The first-order chi connectivity index (χ1) is 6.69. The maximum Gasteiger partial charge on any atom is 0.493 e. The van der Waals surface area contributed by atoms with Crippen LogP contribution in [0.4, 0.5) is 0 Å². The molecule has 0 spiro atoms. The van der Waals surface area contributed by atoms with Crippen LogP contribution in [0.5, 0.6) is 0 Å². The van der Waals surface area contributed by atoms with Gasteiger partial charge in [0.2, 0.25) is 0 Å². The highest BCUT2D eigenvalue weighted by molar-refractivity contribution is 7.79. The highest BCUT2D eigenvalue weighted by Gasteiger charge is 2.16. The quantitative estimate of drug-likeness (QED) is 0.518. The lowest BCUT2D eigenvalue weighted by molar-refractivity contribution is 0.292. The van der Waals surface area contributed by atoms with Crippen LogP contribution in [0.1, 0.15) is 0 Å². The molecule has 0 N–H and O–H groups in total.